The van der Waals surface area contributed by atoms with E-state index in [1.165, 1.54) is 11.3 Å². The molecule has 0 aliphatic carbocycles. The maximum Gasteiger partial charge on any atom is 0.220 e. The summed E-state index contributed by atoms with van der Waals surface area (Å²) in [6.07, 6.45) is 1.48. The maximum atomic E-state index is 11.6. The summed E-state index contributed by atoms with van der Waals surface area (Å²) in [5.74, 6) is 0.129. The monoisotopic (exact) mass is 277 g/mol. The Hall–Kier alpha value is -1.55. The van der Waals surface area contributed by atoms with Crippen LogP contribution in [0.15, 0.2) is 24.3 Å². The molecule has 112 valence electrons. The van der Waals surface area contributed by atoms with Gasteiger partial charge in [0.15, 0.2) is 0 Å². The average molecular weight is 277 g/mol. The van der Waals surface area contributed by atoms with Gasteiger partial charge in [-0.2, -0.15) is 0 Å². The fourth-order valence-electron chi connectivity index (χ4n) is 2.12. The van der Waals surface area contributed by atoms with Crippen LogP contribution in [0.2, 0.25) is 0 Å². The third kappa shape index (κ3) is 4.85. The molecule has 0 fully saturated rings. The summed E-state index contributed by atoms with van der Waals surface area (Å²) in [5, 5.41) is 3.01. The van der Waals surface area contributed by atoms with Gasteiger partial charge in [0.2, 0.25) is 5.91 Å². The first-order chi connectivity index (χ1) is 9.45. The van der Waals surface area contributed by atoms with Crippen LogP contribution in [0.3, 0.4) is 0 Å². The first-order valence-corrected chi connectivity index (χ1v) is 7.16. The highest BCUT2D eigenvalue weighted by atomic mass is 16.1. The summed E-state index contributed by atoms with van der Waals surface area (Å²) in [6.45, 7) is 2.66. The van der Waals surface area contributed by atoms with Gasteiger partial charge < -0.3 is 15.1 Å². The van der Waals surface area contributed by atoms with Crippen LogP contribution in [0, 0.1) is 0 Å². The van der Waals surface area contributed by atoms with Crippen molar-refractivity contribution in [1.82, 2.24) is 10.2 Å². The van der Waals surface area contributed by atoms with Crippen LogP contribution in [0.1, 0.15) is 31.4 Å². The Morgan fingerprint density at radius 2 is 1.75 bits per heavy atom. The lowest BCUT2D eigenvalue weighted by Gasteiger charge is -2.25. The van der Waals surface area contributed by atoms with E-state index >= 15 is 0 Å². The smallest absolute Gasteiger partial charge is 0.220 e. The molecule has 1 rings (SSSR count). The minimum atomic E-state index is 0.129. The molecule has 0 aromatic heterocycles. The predicted molar refractivity (Wildman–Crippen MR) is 85.1 cm³/mol. The normalized spacial score (nSPS) is 12.3. The Morgan fingerprint density at radius 3 is 2.20 bits per heavy atom. The van der Waals surface area contributed by atoms with E-state index in [4.69, 9.17) is 0 Å². The Morgan fingerprint density at radius 1 is 1.15 bits per heavy atom. The molecule has 0 aliphatic heterocycles. The van der Waals surface area contributed by atoms with Crippen molar-refractivity contribution in [3.8, 4) is 0 Å². The number of hydrogen-bond donors (Lipinski definition) is 1. The molecule has 1 aromatic carbocycles. The van der Waals surface area contributed by atoms with E-state index in [2.05, 4.69) is 39.4 Å². The molecule has 4 nitrogen and oxygen atoms in total. The number of nitrogens with one attached hydrogen (secondary N) is 1. The molecule has 1 N–H and O–H groups in total. The van der Waals surface area contributed by atoms with Gasteiger partial charge in [-0.15, -0.1) is 0 Å². The molecular formula is C16H27N3O. The number of carbonyl (C=O) groups is 1. The summed E-state index contributed by atoms with van der Waals surface area (Å²) >= 11 is 0. The first kappa shape index (κ1) is 16.5. The standard InChI is InChI=1S/C16H27N3O/c1-6-7-16(20)17-12-15(19(4)5)13-8-10-14(11-9-13)18(2)3/h8-11,15H,6-7,12H2,1-5H3,(H,17,20). The second-order valence-electron chi connectivity index (χ2n) is 5.52. The summed E-state index contributed by atoms with van der Waals surface area (Å²) in [6, 6.07) is 8.68. The van der Waals surface area contributed by atoms with Crippen LogP contribution in [0.4, 0.5) is 5.69 Å². The number of nitrogens with zero attached hydrogens (tertiary/aromatic N) is 2. The lowest BCUT2D eigenvalue weighted by Crippen LogP contribution is -2.34. The van der Waals surface area contributed by atoms with Crippen molar-refractivity contribution in [2.24, 2.45) is 0 Å². The van der Waals surface area contributed by atoms with E-state index in [-0.39, 0.29) is 11.9 Å². The number of amides is 1. The summed E-state index contributed by atoms with van der Waals surface area (Å²) in [5.41, 5.74) is 2.40. The van der Waals surface area contributed by atoms with Crippen molar-refractivity contribution in [1.29, 1.82) is 0 Å². The molecule has 0 bridgehead atoms. The molecular weight excluding hydrogens is 250 g/mol. The van der Waals surface area contributed by atoms with Crippen molar-refractivity contribution >= 4 is 11.6 Å². The molecule has 1 unspecified atom stereocenters. The van der Waals surface area contributed by atoms with Crippen LogP contribution in [0.5, 0.6) is 0 Å². The molecule has 0 saturated carbocycles. The second-order valence-corrected chi connectivity index (χ2v) is 5.52. The van der Waals surface area contributed by atoms with E-state index in [1.54, 1.807) is 0 Å². The summed E-state index contributed by atoms with van der Waals surface area (Å²) in [7, 11) is 8.14. The van der Waals surface area contributed by atoms with Crippen molar-refractivity contribution in [3.63, 3.8) is 0 Å². The SMILES string of the molecule is CCCC(=O)NCC(c1ccc(N(C)C)cc1)N(C)C. The molecule has 1 amide bonds. The van der Waals surface area contributed by atoms with Gasteiger partial charge in [0.05, 0.1) is 6.04 Å². The highest BCUT2D eigenvalue weighted by molar-refractivity contribution is 5.75. The zero-order valence-corrected chi connectivity index (χ0v) is 13.3. The highest BCUT2D eigenvalue weighted by Crippen LogP contribution is 2.20. The quantitative estimate of drug-likeness (QED) is 0.830. The van der Waals surface area contributed by atoms with E-state index in [1.807, 2.05) is 35.1 Å². The fraction of sp³-hybridized carbons (Fsp3) is 0.562. The van der Waals surface area contributed by atoms with Gasteiger partial charge in [-0.25, -0.2) is 0 Å². The van der Waals surface area contributed by atoms with E-state index in [0.29, 0.717) is 13.0 Å². The Kier molecular flexibility index (Phi) is 6.52. The van der Waals surface area contributed by atoms with Crippen molar-refractivity contribution < 1.29 is 4.79 Å². The van der Waals surface area contributed by atoms with Gasteiger partial charge in [-0.05, 0) is 38.2 Å². The lowest BCUT2D eigenvalue weighted by atomic mass is 10.1. The lowest BCUT2D eigenvalue weighted by molar-refractivity contribution is -0.121. The van der Waals surface area contributed by atoms with Crippen molar-refractivity contribution in [2.75, 3.05) is 39.6 Å². The van der Waals surface area contributed by atoms with Gasteiger partial charge in [-0.3, -0.25) is 4.79 Å². The van der Waals surface area contributed by atoms with E-state index < -0.39 is 0 Å². The summed E-state index contributed by atoms with van der Waals surface area (Å²) < 4.78 is 0. The Labute approximate surface area is 122 Å². The van der Waals surface area contributed by atoms with Gasteiger partial charge in [0.1, 0.15) is 0 Å². The molecule has 4 heteroatoms. The zero-order chi connectivity index (χ0) is 15.1. The maximum absolute atomic E-state index is 11.6. The topological polar surface area (TPSA) is 35.6 Å². The first-order valence-electron chi connectivity index (χ1n) is 7.16. The fourth-order valence-corrected chi connectivity index (χ4v) is 2.12. The Balaban J connectivity index is 2.73. The predicted octanol–water partition coefficient (Wildman–Crippen LogP) is 2.27. The molecule has 0 saturated heterocycles. The van der Waals surface area contributed by atoms with Gasteiger partial charge in [-0.1, -0.05) is 19.1 Å². The van der Waals surface area contributed by atoms with Gasteiger partial charge >= 0.3 is 0 Å². The van der Waals surface area contributed by atoms with Crippen LogP contribution >= 0.6 is 0 Å². The zero-order valence-electron chi connectivity index (χ0n) is 13.3. The minimum Gasteiger partial charge on any atom is -0.378 e. The number of anilines is 1. The number of likely N-dealkylation sites (N-methyl/N-ethyl adjacent to an activating group) is 1. The van der Waals surface area contributed by atoms with Crippen LogP contribution in [-0.4, -0.2) is 45.5 Å². The Bertz CT molecular complexity index is 412. The average Bonchev–Trinajstić information content (AvgIpc) is 2.39. The summed E-state index contributed by atoms with van der Waals surface area (Å²) in [4.78, 5) is 15.8. The van der Waals surface area contributed by atoms with Crippen LogP contribution < -0.4 is 10.2 Å². The molecule has 1 aromatic rings. The van der Waals surface area contributed by atoms with E-state index in [9.17, 15) is 4.79 Å². The number of carbonyl (C=O) groups excluding carboxylic acids is 1. The molecule has 0 spiro atoms. The molecule has 1 atom stereocenters. The second kappa shape index (κ2) is 7.90. The van der Waals surface area contributed by atoms with Crippen molar-refractivity contribution in [2.45, 2.75) is 25.8 Å². The third-order valence-electron chi connectivity index (χ3n) is 3.39. The van der Waals surface area contributed by atoms with Crippen LogP contribution in [0.25, 0.3) is 0 Å². The number of rotatable bonds is 7. The minimum absolute atomic E-state index is 0.129. The largest absolute Gasteiger partial charge is 0.378 e. The number of benzene rings is 1. The van der Waals surface area contributed by atoms with Gasteiger partial charge in [0, 0.05) is 32.7 Å². The third-order valence-corrected chi connectivity index (χ3v) is 3.39. The molecule has 20 heavy (non-hydrogen) atoms. The van der Waals surface area contributed by atoms with Crippen LogP contribution in [-0.2, 0) is 4.79 Å². The number of hydrogen-bond acceptors (Lipinski definition) is 3. The highest BCUT2D eigenvalue weighted by Gasteiger charge is 2.15. The molecule has 0 heterocycles. The van der Waals surface area contributed by atoms with Gasteiger partial charge in [0.25, 0.3) is 0 Å². The van der Waals surface area contributed by atoms with E-state index in [0.717, 1.165) is 6.42 Å². The molecule has 0 aliphatic rings. The van der Waals surface area contributed by atoms with Crippen molar-refractivity contribution in [3.05, 3.63) is 29.8 Å². The molecule has 0 radical (unpaired) electrons.